The van der Waals surface area contributed by atoms with Gasteiger partial charge in [-0.2, -0.15) is 0 Å². The van der Waals surface area contributed by atoms with Crippen LogP contribution in [0.15, 0.2) is 34.9 Å². The molecule has 3 unspecified atom stereocenters. The van der Waals surface area contributed by atoms with E-state index in [1.165, 1.54) is 17.8 Å². The predicted octanol–water partition coefficient (Wildman–Crippen LogP) is 3.03. The molecule has 10 heteroatoms. The first kappa shape index (κ1) is 24.2. The zero-order valence-electron chi connectivity index (χ0n) is 18.6. The van der Waals surface area contributed by atoms with Crippen LogP contribution in [0, 0.1) is 12.7 Å². The summed E-state index contributed by atoms with van der Waals surface area (Å²) in [7, 11) is 1.78. The summed E-state index contributed by atoms with van der Waals surface area (Å²) in [6.45, 7) is 4.15. The van der Waals surface area contributed by atoms with Crippen molar-refractivity contribution in [3.05, 3.63) is 47.5 Å². The van der Waals surface area contributed by atoms with Gasteiger partial charge in [0.15, 0.2) is 5.82 Å². The molecule has 1 aromatic heterocycles. The molecule has 8 nitrogen and oxygen atoms in total. The normalized spacial score (nSPS) is 19.0. The van der Waals surface area contributed by atoms with Gasteiger partial charge in [-0.1, -0.05) is 17.3 Å². The monoisotopic (exact) mass is 463 g/mol. The van der Waals surface area contributed by atoms with Crippen molar-refractivity contribution < 1.29 is 18.5 Å². The largest absolute Gasteiger partial charge is 0.360 e. The van der Waals surface area contributed by atoms with E-state index in [-0.39, 0.29) is 35.5 Å². The third-order valence-corrected chi connectivity index (χ3v) is 6.54. The van der Waals surface area contributed by atoms with E-state index in [9.17, 15) is 14.0 Å². The number of hydrazine groups is 1. The lowest BCUT2D eigenvalue weighted by Crippen LogP contribution is -2.33. The molecule has 0 aliphatic carbocycles. The van der Waals surface area contributed by atoms with E-state index in [2.05, 4.69) is 21.3 Å². The summed E-state index contributed by atoms with van der Waals surface area (Å²) >= 11 is 1.29. The van der Waals surface area contributed by atoms with Crippen LogP contribution in [-0.4, -0.2) is 52.5 Å². The fraction of sp³-hybridized carbons (Fsp3) is 0.500. The lowest BCUT2D eigenvalue weighted by molar-refractivity contribution is -0.127. The topological polar surface area (TPSA) is 99.5 Å². The Hall–Kier alpha value is -2.43. The Bertz CT molecular complexity index is 924. The Kier molecular flexibility index (Phi) is 8.66. The van der Waals surface area contributed by atoms with Crippen LogP contribution in [-0.2, 0) is 9.59 Å². The number of anilines is 1. The molecule has 1 saturated heterocycles. The van der Waals surface area contributed by atoms with Gasteiger partial charge < -0.3 is 14.7 Å². The standard InChI is InChI=1S/C22H30FN5O3S/c1-14-10-20(27-31-14)24-22(30)15(2)32-13-21(29)28(3)9-5-8-18-12-19(26-25-18)16-6-4-7-17(23)11-16/h4,6-7,10-11,15,18-19,25-26H,5,8-9,12-13H2,1-3H3,(H,24,27,30). The molecule has 1 aliphatic heterocycles. The van der Waals surface area contributed by atoms with Crippen LogP contribution >= 0.6 is 11.8 Å². The molecule has 2 heterocycles. The summed E-state index contributed by atoms with van der Waals surface area (Å²) in [6, 6.07) is 8.63. The van der Waals surface area contributed by atoms with Crippen LogP contribution in [0.2, 0.25) is 0 Å². The van der Waals surface area contributed by atoms with Gasteiger partial charge >= 0.3 is 0 Å². The number of nitrogens with one attached hydrogen (secondary N) is 3. The highest BCUT2D eigenvalue weighted by atomic mass is 32.2. The number of aryl methyl sites for hydroxylation is 1. The van der Waals surface area contributed by atoms with Gasteiger partial charge in [-0.05, 0) is 50.8 Å². The molecule has 0 radical (unpaired) electrons. The Morgan fingerprint density at radius 1 is 1.38 bits per heavy atom. The zero-order chi connectivity index (χ0) is 23.1. The molecular formula is C22H30FN5O3S. The van der Waals surface area contributed by atoms with E-state index >= 15 is 0 Å². The van der Waals surface area contributed by atoms with Gasteiger partial charge in [-0.3, -0.25) is 20.4 Å². The summed E-state index contributed by atoms with van der Waals surface area (Å²) in [4.78, 5) is 26.3. The second kappa shape index (κ2) is 11.4. The Labute approximate surface area is 191 Å². The summed E-state index contributed by atoms with van der Waals surface area (Å²) < 4.78 is 18.4. The fourth-order valence-corrected chi connectivity index (χ4v) is 4.31. The van der Waals surface area contributed by atoms with Crippen LogP contribution in [0.4, 0.5) is 10.2 Å². The van der Waals surface area contributed by atoms with Crippen LogP contribution in [0.3, 0.4) is 0 Å². The third kappa shape index (κ3) is 7.04. The average Bonchev–Trinajstić information content (AvgIpc) is 3.40. The number of nitrogens with zero attached hydrogens (tertiary/aromatic N) is 2. The number of carbonyl (C=O) groups is 2. The second-order valence-electron chi connectivity index (χ2n) is 8.05. The number of thioether (sulfide) groups is 1. The molecule has 1 aromatic carbocycles. The van der Waals surface area contributed by atoms with Crippen molar-refractivity contribution in [2.75, 3.05) is 24.7 Å². The van der Waals surface area contributed by atoms with Gasteiger partial charge in [0.2, 0.25) is 11.8 Å². The molecule has 1 aliphatic rings. The zero-order valence-corrected chi connectivity index (χ0v) is 19.4. The number of rotatable bonds is 10. The molecule has 174 valence electrons. The summed E-state index contributed by atoms with van der Waals surface area (Å²) in [5, 5.41) is 6.02. The van der Waals surface area contributed by atoms with Gasteiger partial charge in [0, 0.05) is 31.7 Å². The molecule has 32 heavy (non-hydrogen) atoms. The highest BCUT2D eigenvalue weighted by Gasteiger charge is 2.25. The van der Waals surface area contributed by atoms with Crippen molar-refractivity contribution >= 4 is 29.4 Å². The fourth-order valence-electron chi connectivity index (χ4n) is 3.49. The van der Waals surface area contributed by atoms with E-state index in [0.29, 0.717) is 18.1 Å². The highest BCUT2D eigenvalue weighted by molar-refractivity contribution is 8.01. The Balaban J connectivity index is 1.32. The number of hydrogen-bond donors (Lipinski definition) is 3. The molecule has 0 saturated carbocycles. The Morgan fingerprint density at radius 2 is 2.19 bits per heavy atom. The van der Waals surface area contributed by atoms with E-state index < -0.39 is 5.25 Å². The van der Waals surface area contributed by atoms with E-state index in [0.717, 1.165) is 24.8 Å². The van der Waals surface area contributed by atoms with Crippen LogP contribution in [0.5, 0.6) is 0 Å². The molecule has 3 atom stereocenters. The van der Waals surface area contributed by atoms with Gasteiger partial charge in [0.1, 0.15) is 11.6 Å². The minimum absolute atomic E-state index is 0.0120. The number of amides is 2. The number of hydrogen-bond acceptors (Lipinski definition) is 7. The molecular weight excluding hydrogens is 433 g/mol. The maximum Gasteiger partial charge on any atom is 0.238 e. The molecule has 0 spiro atoms. The van der Waals surface area contributed by atoms with Crippen molar-refractivity contribution in [1.29, 1.82) is 0 Å². The quantitative estimate of drug-likeness (QED) is 0.498. The summed E-state index contributed by atoms with van der Waals surface area (Å²) in [5.41, 5.74) is 7.42. The summed E-state index contributed by atoms with van der Waals surface area (Å²) in [5.74, 6) is 0.760. The van der Waals surface area contributed by atoms with Gasteiger partial charge in [-0.15, -0.1) is 11.8 Å². The lowest BCUT2D eigenvalue weighted by Gasteiger charge is -2.19. The van der Waals surface area contributed by atoms with E-state index in [1.807, 2.05) is 6.07 Å². The van der Waals surface area contributed by atoms with Crippen LogP contribution in [0.25, 0.3) is 0 Å². The van der Waals surface area contributed by atoms with Crippen molar-refractivity contribution in [3.63, 3.8) is 0 Å². The smallest absolute Gasteiger partial charge is 0.238 e. The second-order valence-corrected chi connectivity index (χ2v) is 9.38. The first-order valence-corrected chi connectivity index (χ1v) is 11.7. The minimum Gasteiger partial charge on any atom is -0.360 e. The minimum atomic E-state index is -0.391. The van der Waals surface area contributed by atoms with Crippen molar-refractivity contribution in [2.45, 2.75) is 50.4 Å². The van der Waals surface area contributed by atoms with Gasteiger partial charge in [0.25, 0.3) is 0 Å². The number of halogens is 1. The SMILES string of the molecule is Cc1cc(NC(=O)C(C)SCC(=O)N(C)CCCC2CC(c3cccc(F)c3)NN2)no1. The number of aromatic nitrogens is 1. The molecule has 3 rings (SSSR count). The molecule has 2 amide bonds. The molecule has 2 aromatic rings. The van der Waals surface area contributed by atoms with Crippen molar-refractivity contribution in [3.8, 4) is 0 Å². The van der Waals surface area contributed by atoms with E-state index in [4.69, 9.17) is 4.52 Å². The average molecular weight is 464 g/mol. The predicted molar refractivity (Wildman–Crippen MR) is 122 cm³/mol. The van der Waals surface area contributed by atoms with Crippen LogP contribution in [0.1, 0.15) is 43.6 Å². The molecule has 3 N–H and O–H groups in total. The lowest BCUT2D eigenvalue weighted by atomic mass is 9.99. The maximum atomic E-state index is 13.4. The van der Waals surface area contributed by atoms with E-state index in [1.54, 1.807) is 44.0 Å². The molecule has 0 bridgehead atoms. The summed E-state index contributed by atoms with van der Waals surface area (Å²) in [6.07, 6.45) is 2.62. The first-order chi connectivity index (χ1) is 15.3. The number of benzene rings is 1. The first-order valence-electron chi connectivity index (χ1n) is 10.7. The van der Waals surface area contributed by atoms with Crippen LogP contribution < -0.4 is 16.2 Å². The maximum absolute atomic E-state index is 13.4. The molecule has 1 fully saturated rings. The van der Waals surface area contributed by atoms with Gasteiger partial charge in [-0.25, -0.2) is 4.39 Å². The van der Waals surface area contributed by atoms with Gasteiger partial charge in [0.05, 0.1) is 11.0 Å². The number of carbonyl (C=O) groups excluding carboxylic acids is 2. The van der Waals surface area contributed by atoms with Crippen molar-refractivity contribution in [2.24, 2.45) is 0 Å². The third-order valence-electron chi connectivity index (χ3n) is 5.41. The highest BCUT2D eigenvalue weighted by Crippen LogP contribution is 2.24. The van der Waals surface area contributed by atoms with Crippen molar-refractivity contribution in [1.82, 2.24) is 20.9 Å². The Morgan fingerprint density at radius 3 is 2.91 bits per heavy atom.